The van der Waals surface area contributed by atoms with Crippen LogP contribution in [-0.2, 0) is 0 Å². The molecule has 1 aromatic carbocycles. The molecular formula is C21H24N6O. The van der Waals surface area contributed by atoms with Gasteiger partial charge in [-0.3, -0.25) is 5.10 Å². The average molecular weight is 376 g/mol. The number of rotatable bonds is 5. The van der Waals surface area contributed by atoms with E-state index in [0.29, 0.717) is 11.4 Å². The molecule has 0 spiro atoms. The fraction of sp³-hybridized carbons (Fsp3) is 0.286. The lowest BCUT2D eigenvalue weighted by molar-refractivity contribution is 0.416. The number of benzene rings is 1. The Labute approximate surface area is 163 Å². The van der Waals surface area contributed by atoms with Crippen molar-refractivity contribution in [3.8, 4) is 28.3 Å². The lowest BCUT2D eigenvalue weighted by atomic mass is 9.93. The van der Waals surface area contributed by atoms with Crippen LogP contribution in [0.1, 0.15) is 43.9 Å². The van der Waals surface area contributed by atoms with Gasteiger partial charge in [-0.1, -0.05) is 38.1 Å². The van der Waals surface area contributed by atoms with Crippen molar-refractivity contribution in [1.82, 2.24) is 24.8 Å². The second-order valence-electron chi connectivity index (χ2n) is 7.25. The number of ether oxygens (including phenoxy) is 1. The summed E-state index contributed by atoms with van der Waals surface area (Å²) in [6, 6.07) is 10.2. The Kier molecular flexibility index (Phi) is 4.60. The number of methoxy groups -OCH3 is 1. The lowest BCUT2D eigenvalue weighted by Gasteiger charge is -2.12. The first-order valence-corrected chi connectivity index (χ1v) is 9.31. The largest absolute Gasteiger partial charge is 0.493 e. The summed E-state index contributed by atoms with van der Waals surface area (Å²) in [6.07, 6.45) is 3.45. The number of hydrogen-bond donors (Lipinski definition) is 2. The molecule has 0 amide bonds. The summed E-state index contributed by atoms with van der Waals surface area (Å²) in [5.41, 5.74) is 12.8. The normalized spacial score (nSPS) is 12.6. The molecule has 0 aliphatic heterocycles. The molecule has 7 nitrogen and oxygen atoms in total. The van der Waals surface area contributed by atoms with Gasteiger partial charge in [0.1, 0.15) is 6.33 Å². The van der Waals surface area contributed by atoms with E-state index in [4.69, 9.17) is 10.5 Å². The zero-order valence-electron chi connectivity index (χ0n) is 16.5. The SMILES string of the molecule is COc1cc(-c2[nH]nc(-c3ccc([C@H](C)N)cc3)c2C(C)C)cn2ncnc12. The van der Waals surface area contributed by atoms with Crippen molar-refractivity contribution in [1.29, 1.82) is 0 Å². The fourth-order valence-electron chi connectivity index (χ4n) is 3.48. The Bertz CT molecular complexity index is 1110. The zero-order valence-corrected chi connectivity index (χ0v) is 16.5. The highest BCUT2D eigenvalue weighted by atomic mass is 16.5. The first-order valence-electron chi connectivity index (χ1n) is 9.31. The van der Waals surface area contributed by atoms with Crippen LogP contribution in [0.15, 0.2) is 42.9 Å². The van der Waals surface area contributed by atoms with Crippen LogP contribution in [0.5, 0.6) is 5.75 Å². The maximum atomic E-state index is 5.98. The molecule has 144 valence electrons. The van der Waals surface area contributed by atoms with Crippen LogP contribution in [0, 0.1) is 0 Å². The molecule has 1 atom stereocenters. The Morgan fingerprint density at radius 1 is 1.11 bits per heavy atom. The highest BCUT2D eigenvalue weighted by Gasteiger charge is 2.21. The van der Waals surface area contributed by atoms with Crippen LogP contribution in [0.4, 0.5) is 0 Å². The Balaban J connectivity index is 1.85. The summed E-state index contributed by atoms with van der Waals surface area (Å²) in [6.45, 7) is 6.31. The number of pyridine rings is 1. The third kappa shape index (κ3) is 3.03. The third-order valence-electron chi connectivity index (χ3n) is 4.94. The molecule has 0 saturated heterocycles. The number of fused-ring (bicyclic) bond motifs is 1. The van der Waals surface area contributed by atoms with Gasteiger partial charge in [-0.05, 0) is 24.5 Å². The number of nitrogens with zero attached hydrogens (tertiary/aromatic N) is 4. The quantitative estimate of drug-likeness (QED) is 0.550. The first-order chi connectivity index (χ1) is 13.5. The van der Waals surface area contributed by atoms with Gasteiger partial charge in [0.25, 0.3) is 0 Å². The predicted octanol–water partition coefficient (Wildman–Crippen LogP) is 3.94. The molecular weight excluding hydrogens is 352 g/mol. The van der Waals surface area contributed by atoms with Gasteiger partial charge >= 0.3 is 0 Å². The fourth-order valence-corrected chi connectivity index (χ4v) is 3.48. The number of aromatic nitrogens is 5. The molecule has 0 fully saturated rings. The summed E-state index contributed by atoms with van der Waals surface area (Å²) in [5.74, 6) is 0.941. The van der Waals surface area contributed by atoms with Gasteiger partial charge in [-0.2, -0.15) is 10.2 Å². The number of aromatic amines is 1. The summed E-state index contributed by atoms with van der Waals surface area (Å²) >= 11 is 0. The topological polar surface area (TPSA) is 94.1 Å². The minimum Gasteiger partial charge on any atom is -0.493 e. The molecule has 0 saturated carbocycles. The maximum absolute atomic E-state index is 5.98. The summed E-state index contributed by atoms with van der Waals surface area (Å²) < 4.78 is 7.22. The van der Waals surface area contributed by atoms with Crippen molar-refractivity contribution >= 4 is 5.65 Å². The van der Waals surface area contributed by atoms with Gasteiger partial charge in [0, 0.05) is 28.9 Å². The minimum atomic E-state index is 0.00948. The van der Waals surface area contributed by atoms with Gasteiger partial charge in [0.15, 0.2) is 11.4 Å². The van der Waals surface area contributed by atoms with Gasteiger partial charge in [-0.25, -0.2) is 9.50 Å². The molecule has 7 heteroatoms. The van der Waals surface area contributed by atoms with E-state index in [0.717, 1.165) is 33.6 Å². The smallest absolute Gasteiger partial charge is 0.197 e. The monoisotopic (exact) mass is 376 g/mol. The van der Waals surface area contributed by atoms with Gasteiger partial charge in [-0.15, -0.1) is 0 Å². The third-order valence-corrected chi connectivity index (χ3v) is 4.94. The average Bonchev–Trinajstić information content (AvgIpc) is 3.34. The van der Waals surface area contributed by atoms with Crippen molar-refractivity contribution < 1.29 is 4.74 Å². The van der Waals surface area contributed by atoms with Crippen LogP contribution in [0.2, 0.25) is 0 Å². The molecule has 0 unspecified atom stereocenters. The molecule has 4 aromatic rings. The van der Waals surface area contributed by atoms with Crippen LogP contribution in [-0.4, -0.2) is 31.9 Å². The van der Waals surface area contributed by atoms with Crippen molar-refractivity contribution in [2.24, 2.45) is 5.73 Å². The van der Waals surface area contributed by atoms with E-state index < -0.39 is 0 Å². The van der Waals surface area contributed by atoms with Crippen LogP contribution in [0.3, 0.4) is 0 Å². The molecule has 0 bridgehead atoms. The van der Waals surface area contributed by atoms with Gasteiger partial charge in [0.2, 0.25) is 0 Å². The molecule has 0 aliphatic carbocycles. The van der Waals surface area contributed by atoms with E-state index in [1.807, 2.05) is 19.2 Å². The van der Waals surface area contributed by atoms with E-state index in [-0.39, 0.29) is 12.0 Å². The highest BCUT2D eigenvalue weighted by molar-refractivity contribution is 5.76. The van der Waals surface area contributed by atoms with Crippen molar-refractivity contribution in [3.05, 3.63) is 54.0 Å². The Morgan fingerprint density at radius 2 is 1.86 bits per heavy atom. The number of hydrogen-bond acceptors (Lipinski definition) is 5. The van der Waals surface area contributed by atoms with E-state index in [1.165, 1.54) is 6.33 Å². The van der Waals surface area contributed by atoms with Crippen molar-refractivity contribution in [2.75, 3.05) is 7.11 Å². The van der Waals surface area contributed by atoms with Crippen molar-refractivity contribution in [3.63, 3.8) is 0 Å². The number of nitrogens with one attached hydrogen (secondary N) is 1. The zero-order chi connectivity index (χ0) is 19.8. The summed E-state index contributed by atoms with van der Waals surface area (Å²) in [7, 11) is 1.63. The van der Waals surface area contributed by atoms with Crippen LogP contribution < -0.4 is 10.5 Å². The minimum absolute atomic E-state index is 0.00948. The van der Waals surface area contributed by atoms with Crippen molar-refractivity contribution in [2.45, 2.75) is 32.7 Å². The lowest BCUT2D eigenvalue weighted by Crippen LogP contribution is -2.04. The van der Waals surface area contributed by atoms with Gasteiger partial charge < -0.3 is 10.5 Å². The Hall–Kier alpha value is -3.19. The number of nitrogens with two attached hydrogens (primary N) is 1. The second-order valence-corrected chi connectivity index (χ2v) is 7.25. The molecule has 3 N–H and O–H groups in total. The second kappa shape index (κ2) is 7.09. The molecule has 28 heavy (non-hydrogen) atoms. The van der Waals surface area contributed by atoms with E-state index >= 15 is 0 Å². The molecule has 3 heterocycles. The predicted molar refractivity (Wildman–Crippen MR) is 109 cm³/mol. The van der Waals surface area contributed by atoms with E-state index in [1.54, 1.807) is 11.6 Å². The maximum Gasteiger partial charge on any atom is 0.197 e. The Morgan fingerprint density at radius 3 is 2.50 bits per heavy atom. The van der Waals surface area contributed by atoms with E-state index in [2.05, 4.69) is 58.4 Å². The van der Waals surface area contributed by atoms with Gasteiger partial charge in [0.05, 0.1) is 18.5 Å². The molecule has 0 aliphatic rings. The van der Waals surface area contributed by atoms with Crippen LogP contribution >= 0.6 is 0 Å². The first kappa shape index (κ1) is 18.2. The van der Waals surface area contributed by atoms with Crippen LogP contribution in [0.25, 0.3) is 28.2 Å². The highest BCUT2D eigenvalue weighted by Crippen LogP contribution is 2.37. The molecule has 4 rings (SSSR count). The van der Waals surface area contributed by atoms with E-state index in [9.17, 15) is 0 Å². The summed E-state index contributed by atoms with van der Waals surface area (Å²) in [5, 5.41) is 12.1. The molecule has 3 aromatic heterocycles. The standard InChI is InChI=1S/C21H24N6O/c1-12(2)18-19(15-7-5-14(6-8-15)13(3)22)25-26-20(18)16-9-17(28-4)21-23-11-24-27(21)10-16/h5-13H,22H2,1-4H3,(H,25,26)/t13-/m0/s1. The molecule has 0 radical (unpaired) electrons. The summed E-state index contributed by atoms with van der Waals surface area (Å²) in [4.78, 5) is 4.25. The number of H-pyrrole nitrogens is 1.